The zero-order valence-corrected chi connectivity index (χ0v) is 34.0. The molecule has 0 aromatic rings. The Hall–Kier alpha value is -3.21. The lowest BCUT2D eigenvalue weighted by Gasteiger charge is -2.54. The molecule has 15 nitrogen and oxygen atoms in total. The molecule has 5 aliphatic heterocycles. The summed E-state index contributed by atoms with van der Waals surface area (Å²) in [7, 11) is 1.26. The summed E-state index contributed by atoms with van der Waals surface area (Å²) in [6.45, 7) is 13.4. The second kappa shape index (κ2) is 16.2. The van der Waals surface area contributed by atoms with Gasteiger partial charge < -0.3 is 48.5 Å². The van der Waals surface area contributed by atoms with Crippen molar-refractivity contribution >= 4 is 29.7 Å². The summed E-state index contributed by atoms with van der Waals surface area (Å²) in [4.78, 5) is 65.6. The zero-order valence-electron chi connectivity index (χ0n) is 34.0. The number of ketones is 1. The number of esters is 4. The standard InChI is InChI=1S/C41H60O15/c1-22-30(43)19-27-15-24-16-34(46)56-41(24,55-27)35(47)38(5,6)11-10-26-12-23(14-32(44)50-9)13-29(52-26)21-40(49)39(7,8)31(53-36(48)37(2,3)4)20-28(54-40)17-25(42)18-33(45)51-22/h10-11,14,22,24-31,42-43,49H,12-13,15-21H2,1-9H3/b11-10+,23-14?/t22-,24+,25+,26-,27-,28+,29-,30+,31-,40-,41-/m0/s1. The third kappa shape index (κ3) is 9.39. The van der Waals surface area contributed by atoms with Gasteiger partial charge in [-0.15, -0.1) is 0 Å². The molecule has 6 bridgehead atoms. The molecule has 0 amide bonds. The highest BCUT2D eigenvalue weighted by Gasteiger charge is 2.64. The van der Waals surface area contributed by atoms with Crippen molar-refractivity contribution in [2.45, 2.75) is 174 Å². The summed E-state index contributed by atoms with van der Waals surface area (Å²) in [5.41, 5.74) is -2.71. The van der Waals surface area contributed by atoms with E-state index in [1.165, 1.54) is 20.1 Å². The van der Waals surface area contributed by atoms with Crippen molar-refractivity contribution in [3.8, 4) is 0 Å². The number of carbonyl (C=O) groups is 5. The van der Waals surface area contributed by atoms with Gasteiger partial charge in [-0.2, -0.15) is 0 Å². The summed E-state index contributed by atoms with van der Waals surface area (Å²) in [5, 5.41) is 34.7. The van der Waals surface area contributed by atoms with Crippen molar-refractivity contribution < 1.29 is 72.5 Å². The van der Waals surface area contributed by atoms with E-state index in [9.17, 15) is 39.3 Å². The first-order valence-corrected chi connectivity index (χ1v) is 19.6. The second-order valence-corrected chi connectivity index (χ2v) is 18.4. The summed E-state index contributed by atoms with van der Waals surface area (Å²) < 4.78 is 41.2. The molecular weight excluding hydrogens is 732 g/mol. The van der Waals surface area contributed by atoms with E-state index in [1.807, 2.05) is 0 Å². The van der Waals surface area contributed by atoms with Gasteiger partial charge in [-0.05, 0) is 60.8 Å². The number of fused-ring (bicyclic) bond motifs is 5. The van der Waals surface area contributed by atoms with Crippen LogP contribution in [0.25, 0.3) is 0 Å². The number of carbonyl (C=O) groups excluding carboxylic acids is 5. The van der Waals surface area contributed by atoms with Crippen molar-refractivity contribution in [1.29, 1.82) is 0 Å². The molecule has 3 N–H and O–H groups in total. The van der Waals surface area contributed by atoms with Gasteiger partial charge in [0, 0.05) is 43.1 Å². The van der Waals surface area contributed by atoms with Gasteiger partial charge >= 0.3 is 23.9 Å². The smallest absolute Gasteiger partial charge is 0.330 e. The number of methoxy groups -OCH3 is 1. The minimum atomic E-state index is -2.02. The number of rotatable bonds is 2. The van der Waals surface area contributed by atoms with Gasteiger partial charge in [-0.3, -0.25) is 19.2 Å². The summed E-state index contributed by atoms with van der Waals surface area (Å²) >= 11 is 0. The van der Waals surface area contributed by atoms with E-state index in [-0.39, 0.29) is 51.4 Å². The molecule has 4 saturated heterocycles. The fourth-order valence-electron chi connectivity index (χ4n) is 8.36. The van der Waals surface area contributed by atoms with Crippen LogP contribution in [0.15, 0.2) is 23.8 Å². The van der Waals surface area contributed by atoms with E-state index in [2.05, 4.69) is 0 Å². The predicted molar refractivity (Wildman–Crippen MR) is 196 cm³/mol. The van der Waals surface area contributed by atoms with E-state index in [0.717, 1.165) is 0 Å². The molecular formula is C41H60O15. The molecule has 0 radical (unpaired) electrons. The maximum atomic E-state index is 14.4. The monoisotopic (exact) mass is 792 g/mol. The second-order valence-electron chi connectivity index (χ2n) is 18.4. The third-order valence-electron chi connectivity index (χ3n) is 11.9. The Morgan fingerprint density at radius 1 is 0.893 bits per heavy atom. The van der Waals surface area contributed by atoms with Crippen LogP contribution in [-0.4, -0.2) is 112 Å². The number of cyclic esters (lactones) is 1. The van der Waals surface area contributed by atoms with Crippen molar-refractivity contribution in [2.75, 3.05) is 7.11 Å². The molecule has 56 heavy (non-hydrogen) atoms. The van der Waals surface area contributed by atoms with Crippen molar-refractivity contribution in [1.82, 2.24) is 0 Å². The van der Waals surface area contributed by atoms with Crippen molar-refractivity contribution in [3.63, 3.8) is 0 Å². The van der Waals surface area contributed by atoms with Gasteiger partial charge in [0.05, 0.1) is 67.4 Å². The van der Waals surface area contributed by atoms with Crippen LogP contribution in [-0.2, 0) is 57.1 Å². The van der Waals surface area contributed by atoms with Crippen LogP contribution in [0.4, 0.5) is 0 Å². The van der Waals surface area contributed by atoms with Crippen LogP contribution in [0.3, 0.4) is 0 Å². The highest BCUT2D eigenvalue weighted by molar-refractivity contribution is 5.96. The SMILES string of the molecule is COC(=O)C=C1C[C@H]2C[C@]3(O)O[C@H](C[C@@H](O)CC(=O)O[C@@H](C)[C@H](O)C[C@@H]4C[C@@H]5CC(=O)O[C@]5(O4)C(=O)C(C)(C)/C=C/[C@@H](C1)O2)C[C@H](OC(=O)C(C)(C)C)C3(C)C. The molecule has 314 valence electrons. The van der Waals surface area contributed by atoms with Crippen LogP contribution in [0.5, 0.6) is 0 Å². The number of hydrogen-bond acceptors (Lipinski definition) is 15. The van der Waals surface area contributed by atoms with Crippen molar-refractivity contribution in [3.05, 3.63) is 23.8 Å². The Balaban J connectivity index is 1.53. The lowest BCUT2D eigenvalue weighted by molar-refractivity contribution is -0.349. The molecule has 0 aromatic carbocycles. The Morgan fingerprint density at radius 2 is 1.57 bits per heavy atom. The highest BCUT2D eigenvalue weighted by Crippen LogP contribution is 2.51. The maximum absolute atomic E-state index is 14.4. The quantitative estimate of drug-likeness (QED) is 0.158. The van der Waals surface area contributed by atoms with Crippen LogP contribution >= 0.6 is 0 Å². The van der Waals surface area contributed by atoms with Crippen LogP contribution < -0.4 is 0 Å². The fraction of sp³-hybridized carbons (Fsp3) is 0.780. The molecule has 0 aliphatic carbocycles. The lowest BCUT2D eigenvalue weighted by Crippen LogP contribution is -2.62. The molecule has 0 aromatic heterocycles. The van der Waals surface area contributed by atoms with Gasteiger partial charge in [0.15, 0.2) is 5.79 Å². The van der Waals surface area contributed by atoms with Gasteiger partial charge in [0.25, 0.3) is 5.79 Å². The van der Waals surface area contributed by atoms with E-state index < -0.39 is 119 Å². The molecule has 5 aliphatic rings. The molecule has 11 atom stereocenters. The van der Waals surface area contributed by atoms with E-state index >= 15 is 0 Å². The Labute approximate surface area is 328 Å². The molecule has 5 rings (SSSR count). The number of allylic oxidation sites excluding steroid dienone is 1. The van der Waals surface area contributed by atoms with Crippen LogP contribution in [0.1, 0.15) is 113 Å². The third-order valence-corrected chi connectivity index (χ3v) is 11.9. The Bertz CT molecular complexity index is 1590. The minimum Gasteiger partial charge on any atom is -0.466 e. The largest absolute Gasteiger partial charge is 0.466 e. The predicted octanol–water partition coefficient (Wildman–Crippen LogP) is 3.52. The van der Waals surface area contributed by atoms with Crippen molar-refractivity contribution in [2.24, 2.45) is 22.2 Å². The van der Waals surface area contributed by atoms with E-state index in [1.54, 1.807) is 60.6 Å². The fourth-order valence-corrected chi connectivity index (χ4v) is 8.36. The van der Waals surface area contributed by atoms with E-state index in [0.29, 0.717) is 5.57 Å². The van der Waals surface area contributed by atoms with Gasteiger partial charge in [0.2, 0.25) is 5.78 Å². The first-order valence-electron chi connectivity index (χ1n) is 19.6. The lowest BCUT2D eigenvalue weighted by atomic mass is 9.70. The molecule has 0 unspecified atom stereocenters. The van der Waals surface area contributed by atoms with Crippen LogP contribution in [0.2, 0.25) is 0 Å². The highest BCUT2D eigenvalue weighted by atomic mass is 16.7. The molecule has 4 fully saturated rings. The summed E-state index contributed by atoms with van der Waals surface area (Å²) in [6.07, 6.45) is -2.77. The minimum absolute atomic E-state index is 0.0259. The zero-order chi connectivity index (χ0) is 41.6. The average Bonchev–Trinajstić information content (AvgIpc) is 3.56. The average molecular weight is 793 g/mol. The van der Waals surface area contributed by atoms with Gasteiger partial charge in [-0.1, -0.05) is 31.6 Å². The van der Waals surface area contributed by atoms with Gasteiger partial charge in [0.1, 0.15) is 12.2 Å². The first kappa shape index (κ1) is 43.9. The molecule has 5 heterocycles. The summed E-state index contributed by atoms with van der Waals surface area (Å²) in [5.74, 6) is -7.48. The Morgan fingerprint density at radius 3 is 2.23 bits per heavy atom. The molecule has 0 saturated carbocycles. The topological polar surface area (TPSA) is 211 Å². The molecule has 15 heteroatoms. The van der Waals surface area contributed by atoms with Crippen LogP contribution in [0, 0.1) is 22.2 Å². The number of ether oxygens (including phenoxy) is 7. The number of Topliss-reactive ketones (excluding diaryl/α,β-unsaturated/α-hetero) is 1. The number of hydrogen-bond donors (Lipinski definition) is 3. The first-order chi connectivity index (χ1) is 25.9. The molecule has 1 spiro atoms. The Kier molecular flexibility index (Phi) is 12.7. The van der Waals surface area contributed by atoms with E-state index in [4.69, 9.17) is 33.2 Å². The number of aliphatic hydroxyl groups excluding tert-OH is 2. The normalized spacial score (nSPS) is 40.6. The number of aliphatic hydroxyl groups is 3. The van der Waals surface area contributed by atoms with Gasteiger partial charge in [-0.25, -0.2) is 4.79 Å². The maximum Gasteiger partial charge on any atom is 0.330 e. The summed E-state index contributed by atoms with van der Waals surface area (Å²) in [6, 6.07) is 0.